The highest BCUT2D eigenvalue weighted by atomic mass is 16.6. The van der Waals surface area contributed by atoms with Crippen LogP contribution in [0.4, 0.5) is 4.79 Å². The minimum atomic E-state index is -0.534. The van der Waals surface area contributed by atoms with Gasteiger partial charge in [0.2, 0.25) is 5.91 Å². The molecule has 0 radical (unpaired) electrons. The van der Waals surface area contributed by atoms with Gasteiger partial charge in [0, 0.05) is 12.5 Å². The van der Waals surface area contributed by atoms with Crippen LogP contribution in [0.2, 0.25) is 0 Å². The number of imide groups is 1. The Morgan fingerprint density at radius 3 is 2.63 bits per heavy atom. The number of ether oxygens (including phenoxy) is 1. The molecular weight excluding hydrogens is 242 g/mol. The normalized spacial score (nSPS) is 23.3. The number of amides is 2. The van der Waals surface area contributed by atoms with E-state index in [1.54, 1.807) is 0 Å². The summed E-state index contributed by atoms with van der Waals surface area (Å²) < 4.78 is 5.21. The smallest absolute Gasteiger partial charge is 0.417 e. The standard InChI is InChI=1S/C15H19NO3/c1-11-8-12(2)16(14(17)9-11)15(18)19-10-13-6-4-3-5-7-13/h3-7,11-12H,8-10H2,1-2H3/t11-,12?/m0/s1. The summed E-state index contributed by atoms with van der Waals surface area (Å²) in [6, 6.07) is 9.37. The Bertz CT molecular complexity index is 458. The number of piperidine rings is 1. The SMILES string of the molecule is CC1C[C@H](C)CC(=O)N1C(=O)OCc1ccccc1. The summed E-state index contributed by atoms with van der Waals surface area (Å²) in [5.41, 5.74) is 0.918. The summed E-state index contributed by atoms with van der Waals surface area (Å²) in [7, 11) is 0. The first-order valence-corrected chi connectivity index (χ1v) is 6.60. The lowest BCUT2D eigenvalue weighted by Crippen LogP contribution is -2.48. The Kier molecular flexibility index (Phi) is 4.20. The molecule has 0 aliphatic carbocycles. The molecule has 2 atom stereocenters. The van der Waals surface area contributed by atoms with Crippen LogP contribution in [-0.2, 0) is 16.1 Å². The molecule has 102 valence electrons. The van der Waals surface area contributed by atoms with Crippen LogP contribution in [0, 0.1) is 5.92 Å². The number of benzene rings is 1. The second kappa shape index (κ2) is 5.87. The molecule has 0 saturated carbocycles. The van der Waals surface area contributed by atoms with E-state index in [1.807, 2.05) is 44.2 Å². The highest BCUT2D eigenvalue weighted by Gasteiger charge is 2.34. The Morgan fingerprint density at radius 2 is 2.00 bits per heavy atom. The van der Waals surface area contributed by atoms with Crippen LogP contribution < -0.4 is 0 Å². The number of nitrogens with zero attached hydrogens (tertiary/aromatic N) is 1. The second-order valence-corrected chi connectivity index (χ2v) is 5.20. The summed E-state index contributed by atoms with van der Waals surface area (Å²) in [5, 5.41) is 0. The number of hydrogen-bond acceptors (Lipinski definition) is 3. The predicted molar refractivity (Wildman–Crippen MR) is 71.3 cm³/mol. The van der Waals surface area contributed by atoms with E-state index >= 15 is 0 Å². The predicted octanol–water partition coefficient (Wildman–Crippen LogP) is 2.97. The maximum atomic E-state index is 12.0. The fourth-order valence-corrected chi connectivity index (χ4v) is 2.48. The molecule has 0 N–H and O–H groups in total. The highest BCUT2D eigenvalue weighted by molar-refractivity contribution is 5.93. The Labute approximate surface area is 113 Å². The van der Waals surface area contributed by atoms with E-state index in [1.165, 1.54) is 4.90 Å². The number of likely N-dealkylation sites (tertiary alicyclic amines) is 1. The van der Waals surface area contributed by atoms with Gasteiger partial charge in [0.05, 0.1) is 0 Å². The van der Waals surface area contributed by atoms with Crippen LogP contribution in [0.5, 0.6) is 0 Å². The molecular formula is C15H19NO3. The quantitative estimate of drug-likeness (QED) is 0.822. The zero-order chi connectivity index (χ0) is 13.8. The van der Waals surface area contributed by atoms with Gasteiger partial charge >= 0.3 is 6.09 Å². The molecule has 1 aromatic carbocycles. The monoisotopic (exact) mass is 261 g/mol. The average molecular weight is 261 g/mol. The molecule has 1 saturated heterocycles. The second-order valence-electron chi connectivity index (χ2n) is 5.20. The van der Waals surface area contributed by atoms with Crippen molar-refractivity contribution in [2.75, 3.05) is 0 Å². The third kappa shape index (κ3) is 3.34. The number of hydrogen-bond donors (Lipinski definition) is 0. The van der Waals surface area contributed by atoms with Crippen molar-refractivity contribution < 1.29 is 14.3 Å². The topological polar surface area (TPSA) is 46.6 Å². The van der Waals surface area contributed by atoms with E-state index in [0.29, 0.717) is 12.3 Å². The zero-order valence-electron chi connectivity index (χ0n) is 11.3. The Morgan fingerprint density at radius 1 is 1.32 bits per heavy atom. The molecule has 1 fully saturated rings. The molecule has 4 nitrogen and oxygen atoms in total. The number of carbonyl (C=O) groups excluding carboxylic acids is 2. The van der Waals surface area contributed by atoms with Crippen molar-refractivity contribution in [3.05, 3.63) is 35.9 Å². The fraction of sp³-hybridized carbons (Fsp3) is 0.467. The lowest BCUT2D eigenvalue weighted by molar-refractivity contribution is -0.135. The third-order valence-electron chi connectivity index (χ3n) is 3.38. The molecule has 1 aromatic rings. The van der Waals surface area contributed by atoms with Gasteiger partial charge < -0.3 is 4.74 Å². The molecule has 1 unspecified atom stereocenters. The summed E-state index contributed by atoms with van der Waals surface area (Å²) in [6.07, 6.45) is 0.727. The first-order valence-electron chi connectivity index (χ1n) is 6.60. The van der Waals surface area contributed by atoms with E-state index in [4.69, 9.17) is 4.74 Å². The summed E-state index contributed by atoms with van der Waals surface area (Å²) in [5.74, 6) is 0.199. The van der Waals surface area contributed by atoms with Crippen molar-refractivity contribution in [3.8, 4) is 0 Å². The van der Waals surface area contributed by atoms with Crippen LogP contribution in [0.15, 0.2) is 30.3 Å². The van der Waals surface area contributed by atoms with Crippen LogP contribution >= 0.6 is 0 Å². The number of carbonyl (C=O) groups is 2. The van der Waals surface area contributed by atoms with Crippen LogP contribution in [0.3, 0.4) is 0 Å². The largest absolute Gasteiger partial charge is 0.444 e. The summed E-state index contributed by atoms with van der Waals surface area (Å²) in [6.45, 7) is 4.12. The summed E-state index contributed by atoms with van der Waals surface area (Å²) in [4.78, 5) is 25.1. The molecule has 1 aliphatic heterocycles. The molecule has 1 heterocycles. The van der Waals surface area contributed by atoms with Crippen molar-refractivity contribution in [1.29, 1.82) is 0 Å². The third-order valence-corrected chi connectivity index (χ3v) is 3.38. The molecule has 0 bridgehead atoms. The zero-order valence-corrected chi connectivity index (χ0v) is 11.3. The van der Waals surface area contributed by atoms with Gasteiger partial charge in [-0.25, -0.2) is 9.69 Å². The van der Waals surface area contributed by atoms with Crippen molar-refractivity contribution in [3.63, 3.8) is 0 Å². The van der Waals surface area contributed by atoms with Gasteiger partial charge in [-0.15, -0.1) is 0 Å². The van der Waals surface area contributed by atoms with Crippen molar-refractivity contribution in [2.45, 2.75) is 39.3 Å². The fourth-order valence-electron chi connectivity index (χ4n) is 2.48. The Balaban J connectivity index is 1.94. The van der Waals surface area contributed by atoms with Crippen LogP contribution in [-0.4, -0.2) is 22.9 Å². The molecule has 19 heavy (non-hydrogen) atoms. The van der Waals surface area contributed by atoms with Gasteiger partial charge in [-0.3, -0.25) is 4.79 Å². The lowest BCUT2D eigenvalue weighted by Gasteiger charge is -2.33. The Hall–Kier alpha value is -1.84. The maximum absolute atomic E-state index is 12.0. The van der Waals surface area contributed by atoms with Gasteiger partial charge in [0.25, 0.3) is 0 Å². The molecule has 0 spiro atoms. The lowest BCUT2D eigenvalue weighted by atomic mass is 9.93. The number of rotatable bonds is 2. The van der Waals surface area contributed by atoms with Crippen LogP contribution in [0.1, 0.15) is 32.3 Å². The minimum Gasteiger partial charge on any atom is -0.444 e. The van der Waals surface area contributed by atoms with E-state index in [0.717, 1.165) is 12.0 Å². The van der Waals surface area contributed by atoms with Gasteiger partial charge in [-0.05, 0) is 24.8 Å². The molecule has 0 aromatic heterocycles. The van der Waals surface area contributed by atoms with Crippen molar-refractivity contribution in [1.82, 2.24) is 4.90 Å². The van der Waals surface area contributed by atoms with E-state index in [9.17, 15) is 9.59 Å². The molecule has 1 aliphatic rings. The minimum absolute atomic E-state index is 0.0838. The van der Waals surface area contributed by atoms with Crippen molar-refractivity contribution in [2.24, 2.45) is 5.92 Å². The maximum Gasteiger partial charge on any atom is 0.417 e. The summed E-state index contributed by atoms with van der Waals surface area (Å²) >= 11 is 0. The van der Waals surface area contributed by atoms with E-state index in [2.05, 4.69) is 0 Å². The van der Waals surface area contributed by atoms with Gasteiger partial charge in [0.15, 0.2) is 0 Å². The first kappa shape index (κ1) is 13.6. The highest BCUT2D eigenvalue weighted by Crippen LogP contribution is 2.24. The van der Waals surface area contributed by atoms with E-state index < -0.39 is 6.09 Å². The van der Waals surface area contributed by atoms with Gasteiger partial charge in [-0.1, -0.05) is 37.3 Å². The van der Waals surface area contributed by atoms with E-state index in [-0.39, 0.29) is 18.6 Å². The molecule has 2 rings (SSSR count). The van der Waals surface area contributed by atoms with Crippen LogP contribution in [0.25, 0.3) is 0 Å². The molecule has 2 amide bonds. The average Bonchev–Trinajstić information content (AvgIpc) is 2.36. The van der Waals surface area contributed by atoms with Gasteiger partial charge in [0.1, 0.15) is 6.61 Å². The first-order chi connectivity index (χ1) is 9.08. The van der Waals surface area contributed by atoms with Gasteiger partial charge in [-0.2, -0.15) is 0 Å². The van der Waals surface area contributed by atoms with Crippen molar-refractivity contribution >= 4 is 12.0 Å². The molecule has 4 heteroatoms.